The lowest BCUT2D eigenvalue weighted by atomic mass is 10.0. The van der Waals surface area contributed by atoms with E-state index in [0.717, 1.165) is 16.0 Å². The molecular formula is C23H26N2O6. The molecule has 1 fully saturated rings. The van der Waals surface area contributed by atoms with Gasteiger partial charge in [-0.1, -0.05) is 36.4 Å². The van der Waals surface area contributed by atoms with E-state index in [-0.39, 0.29) is 36.4 Å². The molecule has 0 radical (unpaired) electrons. The third kappa shape index (κ3) is 5.81. The van der Waals surface area contributed by atoms with Gasteiger partial charge in [-0.05, 0) is 50.8 Å². The third-order valence-corrected chi connectivity index (χ3v) is 4.84. The van der Waals surface area contributed by atoms with Gasteiger partial charge in [-0.2, -0.15) is 0 Å². The van der Waals surface area contributed by atoms with Crippen molar-refractivity contribution in [2.45, 2.75) is 58.3 Å². The normalized spacial score (nSPS) is 16.3. The van der Waals surface area contributed by atoms with Crippen LogP contribution in [0.4, 0.5) is 10.5 Å². The van der Waals surface area contributed by atoms with E-state index in [1.165, 1.54) is 6.07 Å². The lowest BCUT2D eigenvalue weighted by Gasteiger charge is -2.27. The summed E-state index contributed by atoms with van der Waals surface area (Å²) in [5.41, 5.74) is 0.781. The standard InChI is InChI=1S/C23H26N2O6/c1-23(2,3)31-22(27)24-18(10-12-21(24)26)13-17-9-11-19(25(28)29)20(14-17)30-15-16-7-5-4-6-8-16/h4-9,11,14,18H,10,12-13,15H2,1-3H3/t18-/m0/s1. The molecule has 0 unspecified atom stereocenters. The Labute approximate surface area is 180 Å². The lowest BCUT2D eigenvalue weighted by Crippen LogP contribution is -2.43. The molecule has 1 atom stereocenters. The van der Waals surface area contributed by atoms with Gasteiger partial charge in [-0.15, -0.1) is 0 Å². The molecule has 1 aliphatic heterocycles. The van der Waals surface area contributed by atoms with Crippen LogP contribution < -0.4 is 4.74 Å². The quantitative estimate of drug-likeness (QED) is 0.493. The first-order valence-corrected chi connectivity index (χ1v) is 10.1. The Morgan fingerprint density at radius 1 is 1.16 bits per heavy atom. The minimum absolute atomic E-state index is 0.133. The van der Waals surface area contributed by atoms with Crippen LogP contribution in [0.5, 0.6) is 5.75 Å². The molecule has 8 nitrogen and oxygen atoms in total. The molecule has 31 heavy (non-hydrogen) atoms. The number of nitro groups is 1. The molecule has 8 heteroatoms. The zero-order chi connectivity index (χ0) is 22.6. The average Bonchev–Trinajstić information content (AvgIpc) is 3.06. The molecule has 0 N–H and O–H groups in total. The highest BCUT2D eigenvalue weighted by molar-refractivity contribution is 5.94. The van der Waals surface area contributed by atoms with Crippen LogP contribution in [0.15, 0.2) is 48.5 Å². The number of nitro benzene ring substituents is 1. The van der Waals surface area contributed by atoms with Gasteiger partial charge in [0.05, 0.1) is 4.92 Å². The first-order chi connectivity index (χ1) is 14.6. The number of benzene rings is 2. The van der Waals surface area contributed by atoms with E-state index < -0.39 is 16.6 Å². The fourth-order valence-corrected chi connectivity index (χ4v) is 3.46. The molecule has 1 saturated heterocycles. The maximum absolute atomic E-state index is 12.5. The van der Waals surface area contributed by atoms with Gasteiger partial charge in [-0.25, -0.2) is 9.69 Å². The molecule has 1 heterocycles. The monoisotopic (exact) mass is 426 g/mol. The summed E-state index contributed by atoms with van der Waals surface area (Å²) in [5.74, 6) is -0.124. The number of hydrogen-bond acceptors (Lipinski definition) is 6. The molecule has 0 spiro atoms. The molecule has 3 rings (SSSR count). The van der Waals surface area contributed by atoms with Crippen LogP contribution in [0.25, 0.3) is 0 Å². The zero-order valence-corrected chi connectivity index (χ0v) is 17.9. The molecule has 0 bridgehead atoms. The predicted octanol–water partition coefficient (Wildman–Crippen LogP) is 4.64. The molecule has 2 aromatic rings. The molecule has 0 aromatic heterocycles. The highest BCUT2D eigenvalue weighted by Gasteiger charge is 2.38. The molecule has 164 valence electrons. The molecular weight excluding hydrogens is 400 g/mol. The van der Waals surface area contributed by atoms with Crippen molar-refractivity contribution < 1.29 is 24.0 Å². The summed E-state index contributed by atoms with van der Waals surface area (Å²) in [6.07, 6.45) is 0.469. The van der Waals surface area contributed by atoms with E-state index in [4.69, 9.17) is 9.47 Å². The Morgan fingerprint density at radius 2 is 1.87 bits per heavy atom. The fourth-order valence-electron chi connectivity index (χ4n) is 3.46. The Bertz CT molecular complexity index is 968. The number of nitrogens with zero attached hydrogens (tertiary/aromatic N) is 2. The SMILES string of the molecule is CC(C)(C)OC(=O)N1C(=O)CC[C@H]1Cc1ccc([N+](=O)[O-])c(OCc2ccccc2)c1. The molecule has 1 aliphatic rings. The van der Waals surface area contributed by atoms with Crippen molar-refractivity contribution in [1.29, 1.82) is 0 Å². The number of hydrogen-bond donors (Lipinski definition) is 0. The van der Waals surface area contributed by atoms with Gasteiger partial charge in [0.25, 0.3) is 0 Å². The van der Waals surface area contributed by atoms with Crippen LogP contribution in [0.1, 0.15) is 44.7 Å². The topological polar surface area (TPSA) is 99.0 Å². The number of carbonyl (C=O) groups excluding carboxylic acids is 2. The van der Waals surface area contributed by atoms with Crippen molar-refractivity contribution in [2.24, 2.45) is 0 Å². The van der Waals surface area contributed by atoms with E-state index in [2.05, 4.69) is 0 Å². The minimum atomic E-state index is -0.712. The van der Waals surface area contributed by atoms with Gasteiger partial charge in [0.2, 0.25) is 5.91 Å². The summed E-state index contributed by atoms with van der Waals surface area (Å²) in [4.78, 5) is 36.9. The third-order valence-electron chi connectivity index (χ3n) is 4.84. The van der Waals surface area contributed by atoms with Gasteiger partial charge >= 0.3 is 11.8 Å². The Kier molecular flexibility index (Phi) is 6.58. The van der Waals surface area contributed by atoms with E-state index >= 15 is 0 Å². The lowest BCUT2D eigenvalue weighted by molar-refractivity contribution is -0.386. The zero-order valence-electron chi connectivity index (χ0n) is 17.9. The number of ether oxygens (including phenoxy) is 2. The Hall–Kier alpha value is -3.42. The molecule has 0 aliphatic carbocycles. The number of amides is 2. The van der Waals surface area contributed by atoms with Crippen molar-refractivity contribution in [3.8, 4) is 5.75 Å². The molecule has 2 aromatic carbocycles. The fraction of sp³-hybridized carbons (Fsp3) is 0.391. The van der Waals surface area contributed by atoms with Crippen molar-refractivity contribution in [3.05, 3.63) is 69.8 Å². The number of rotatable bonds is 6. The van der Waals surface area contributed by atoms with Crippen LogP contribution in [0, 0.1) is 10.1 Å². The second-order valence-corrected chi connectivity index (χ2v) is 8.47. The summed E-state index contributed by atoms with van der Waals surface area (Å²) in [5, 5.41) is 11.4. The van der Waals surface area contributed by atoms with E-state index in [1.807, 2.05) is 30.3 Å². The van der Waals surface area contributed by atoms with Crippen molar-refractivity contribution in [3.63, 3.8) is 0 Å². The van der Waals surface area contributed by atoms with Gasteiger partial charge < -0.3 is 9.47 Å². The maximum Gasteiger partial charge on any atom is 0.417 e. The smallest absolute Gasteiger partial charge is 0.417 e. The molecule has 2 amide bonds. The van der Waals surface area contributed by atoms with Crippen LogP contribution >= 0.6 is 0 Å². The highest BCUT2D eigenvalue weighted by atomic mass is 16.6. The van der Waals surface area contributed by atoms with Gasteiger partial charge in [0.1, 0.15) is 12.2 Å². The van der Waals surface area contributed by atoms with Crippen LogP contribution in [-0.4, -0.2) is 33.5 Å². The Morgan fingerprint density at radius 3 is 2.52 bits per heavy atom. The van der Waals surface area contributed by atoms with Crippen LogP contribution in [0.2, 0.25) is 0 Å². The van der Waals surface area contributed by atoms with Crippen molar-refractivity contribution >= 4 is 17.7 Å². The van der Waals surface area contributed by atoms with Crippen molar-refractivity contribution in [1.82, 2.24) is 4.90 Å². The van der Waals surface area contributed by atoms with Gasteiger partial charge in [-0.3, -0.25) is 14.9 Å². The van der Waals surface area contributed by atoms with Crippen LogP contribution in [-0.2, 0) is 22.6 Å². The second-order valence-electron chi connectivity index (χ2n) is 8.47. The summed E-state index contributed by atoms with van der Waals surface area (Å²) in [7, 11) is 0. The largest absolute Gasteiger partial charge is 0.482 e. The molecule has 0 saturated carbocycles. The predicted molar refractivity (Wildman–Crippen MR) is 114 cm³/mol. The van der Waals surface area contributed by atoms with Crippen LogP contribution in [0.3, 0.4) is 0 Å². The highest BCUT2D eigenvalue weighted by Crippen LogP contribution is 2.31. The van der Waals surface area contributed by atoms with E-state index in [0.29, 0.717) is 12.8 Å². The average molecular weight is 426 g/mol. The first-order valence-electron chi connectivity index (χ1n) is 10.1. The van der Waals surface area contributed by atoms with Gasteiger partial charge in [0, 0.05) is 18.5 Å². The summed E-state index contributed by atoms with van der Waals surface area (Å²) >= 11 is 0. The van der Waals surface area contributed by atoms with E-state index in [1.54, 1.807) is 32.9 Å². The number of carbonyl (C=O) groups is 2. The summed E-state index contributed by atoms with van der Waals surface area (Å²) in [6, 6.07) is 13.6. The van der Waals surface area contributed by atoms with Gasteiger partial charge in [0.15, 0.2) is 5.75 Å². The number of imide groups is 1. The summed E-state index contributed by atoms with van der Waals surface area (Å²) < 4.78 is 11.1. The Balaban J connectivity index is 1.78. The minimum Gasteiger partial charge on any atom is -0.482 e. The van der Waals surface area contributed by atoms with Crippen molar-refractivity contribution in [2.75, 3.05) is 0 Å². The first kappa shape index (κ1) is 22.3. The van der Waals surface area contributed by atoms with E-state index in [9.17, 15) is 19.7 Å². The second kappa shape index (κ2) is 9.16. The number of likely N-dealkylation sites (tertiary alicyclic amines) is 1. The maximum atomic E-state index is 12.5. The summed E-state index contributed by atoms with van der Waals surface area (Å²) in [6.45, 7) is 5.42.